The molecule has 0 aromatic heterocycles. The van der Waals surface area contributed by atoms with Gasteiger partial charge in [-0.25, -0.2) is 14.4 Å². The molecule has 3 N–H and O–H groups in total. The first-order valence-electron chi connectivity index (χ1n) is 13.8. The number of amidine groups is 1. The fourth-order valence-electron chi connectivity index (χ4n) is 3.89. The number of nitrogens with two attached hydrogens (primary N) is 1. The van der Waals surface area contributed by atoms with Gasteiger partial charge in [-0.05, 0) is 82.2 Å². The van der Waals surface area contributed by atoms with E-state index in [0.29, 0.717) is 11.1 Å². The van der Waals surface area contributed by atoms with Crippen molar-refractivity contribution in [3.05, 3.63) is 70.8 Å². The van der Waals surface area contributed by atoms with Gasteiger partial charge >= 0.3 is 23.9 Å². The van der Waals surface area contributed by atoms with Gasteiger partial charge in [0.15, 0.2) is 0 Å². The van der Waals surface area contributed by atoms with Crippen molar-refractivity contribution in [3.63, 3.8) is 0 Å². The Kier molecular flexibility index (Phi) is 13.6. The standard InChI is InChI=1S/C31H37N3O9/c1-5-40-25(35)9-8-18-34(26(30(38)41-6-2)31(39)42-7-3)28(36)20(4)19-21-10-12-23(13-11-21)29(37)43-24-16-14-22(15-17-24)27(32)33/h10-17,19,26H,5-9,18H2,1-4H3,(H3,32,33)/b20-19+. The second kappa shape index (κ2) is 17.1. The average molecular weight is 596 g/mol. The van der Waals surface area contributed by atoms with Crippen LogP contribution in [0.15, 0.2) is 54.1 Å². The Morgan fingerprint density at radius 2 is 1.37 bits per heavy atom. The van der Waals surface area contributed by atoms with Crippen molar-refractivity contribution < 1.29 is 42.9 Å². The highest BCUT2D eigenvalue weighted by Crippen LogP contribution is 2.18. The molecule has 0 heterocycles. The summed E-state index contributed by atoms with van der Waals surface area (Å²) in [6.45, 7) is 6.36. The van der Waals surface area contributed by atoms with E-state index in [0.717, 1.165) is 4.90 Å². The van der Waals surface area contributed by atoms with E-state index >= 15 is 0 Å². The zero-order chi connectivity index (χ0) is 31.9. The number of ether oxygens (including phenoxy) is 4. The van der Waals surface area contributed by atoms with Gasteiger partial charge < -0.3 is 29.6 Å². The maximum Gasteiger partial charge on any atom is 0.343 e. The van der Waals surface area contributed by atoms with Crippen LogP contribution in [0.5, 0.6) is 5.75 Å². The van der Waals surface area contributed by atoms with E-state index in [1.54, 1.807) is 45.0 Å². The van der Waals surface area contributed by atoms with Crippen molar-refractivity contribution in [1.29, 1.82) is 5.41 Å². The molecule has 12 nitrogen and oxygen atoms in total. The van der Waals surface area contributed by atoms with E-state index in [9.17, 15) is 24.0 Å². The number of esters is 4. The van der Waals surface area contributed by atoms with Gasteiger partial charge in [0.25, 0.3) is 5.91 Å². The Morgan fingerprint density at radius 1 is 0.837 bits per heavy atom. The molecule has 0 aliphatic rings. The quantitative estimate of drug-likeness (QED) is 0.0591. The molecule has 2 rings (SSSR count). The summed E-state index contributed by atoms with van der Waals surface area (Å²) in [5.41, 5.74) is 6.92. The Balaban J connectivity index is 2.26. The smallest absolute Gasteiger partial charge is 0.343 e. The minimum absolute atomic E-state index is 0.0209. The summed E-state index contributed by atoms with van der Waals surface area (Å²) in [6.07, 6.45) is 1.63. The molecule has 0 spiro atoms. The normalized spacial score (nSPS) is 11.0. The van der Waals surface area contributed by atoms with Gasteiger partial charge in [-0.1, -0.05) is 12.1 Å². The third-order valence-corrected chi connectivity index (χ3v) is 5.92. The Morgan fingerprint density at radius 3 is 1.88 bits per heavy atom. The molecule has 12 heteroatoms. The molecule has 43 heavy (non-hydrogen) atoms. The Labute approximate surface area is 250 Å². The van der Waals surface area contributed by atoms with E-state index in [2.05, 4.69) is 0 Å². The van der Waals surface area contributed by atoms with Gasteiger partial charge in [-0.3, -0.25) is 15.0 Å². The highest BCUT2D eigenvalue weighted by atomic mass is 16.6. The van der Waals surface area contributed by atoms with Crippen molar-refractivity contribution in [2.45, 2.75) is 46.6 Å². The van der Waals surface area contributed by atoms with Crippen LogP contribution in [0.25, 0.3) is 6.08 Å². The molecule has 0 radical (unpaired) electrons. The maximum absolute atomic E-state index is 13.6. The maximum atomic E-state index is 13.6. The second-order valence-electron chi connectivity index (χ2n) is 9.09. The molecule has 0 fully saturated rings. The van der Waals surface area contributed by atoms with Gasteiger partial charge in [0, 0.05) is 24.1 Å². The lowest BCUT2D eigenvalue weighted by molar-refractivity contribution is -0.167. The predicted molar refractivity (Wildman–Crippen MR) is 157 cm³/mol. The predicted octanol–water partition coefficient (Wildman–Crippen LogP) is 3.26. The number of nitrogens with zero attached hydrogens (tertiary/aromatic N) is 1. The summed E-state index contributed by atoms with van der Waals surface area (Å²) in [5.74, 6) is -3.45. The van der Waals surface area contributed by atoms with Crippen LogP contribution >= 0.6 is 0 Å². The number of carbonyl (C=O) groups excluding carboxylic acids is 5. The summed E-state index contributed by atoms with van der Waals surface area (Å²) in [5, 5.41) is 7.44. The molecular formula is C31H37N3O9. The van der Waals surface area contributed by atoms with Crippen molar-refractivity contribution in [1.82, 2.24) is 4.90 Å². The SMILES string of the molecule is CCOC(=O)CCCN(C(=O)/C(C)=C/c1ccc(C(=O)Oc2ccc(C(=N)N)cc2)cc1)C(C(=O)OCC)C(=O)OCC. The number of nitrogen functional groups attached to an aromatic ring is 1. The van der Waals surface area contributed by atoms with Crippen molar-refractivity contribution in [3.8, 4) is 5.75 Å². The number of amides is 1. The molecule has 0 saturated heterocycles. The van der Waals surface area contributed by atoms with E-state index in [4.69, 9.17) is 30.1 Å². The number of nitrogens with one attached hydrogen (secondary N) is 1. The first kappa shape index (κ1) is 34.2. The summed E-state index contributed by atoms with van der Waals surface area (Å²) in [4.78, 5) is 64.6. The van der Waals surface area contributed by atoms with Gasteiger partial charge in [-0.2, -0.15) is 0 Å². The van der Waals surface area contributed by atoms with Crippen LogP contribution < -0.4 is 10.5 Å². The number of rotatable bonds is 15. The minimum atomic E-state index is -1.67. The first-order chi connectivity index (χ1) is 20.5. The topological polar surface area (TPSA) is 175 Å². The van der Waals surface area contributed by atoms with Gasteiger partial charge in [-0.15, -0.1) is 0 Å². The molecule has 2 aromatic carbocycles. The molecule has 0 saturated carbocycles. The monoisotopic (exact) mass is 595 g/mol. The third kappa shape index (κ3) is 10.4. The van der Waals surface area contributed by atoms with Gasteiger partial charge in [0.2, 0.25) is 6.04 Å². The van der Waals surface area contributed by atoms with Gasteiger partial charge in [0.1, 0.15) is 11.6 Å². The highest BCUT2D eigenvalue weighted by Gasteiger charge is 2.38. The Bertz CT molecular complexity index is 1320. The van der Waals surface area contributed by atoms with E-state index in [1.807, 2.05) is 0 Å². The van der Waals surface area contributed by atoms with Crippen LogP contribution in [0.4, 0.5) is 0 Å². The summed E-state index contributed by atoms with van der Waals surface area (Å²) in [7, 11) is 0. The summed E-state index contributed by atoms with van der Waals surface area (Å²) in [6, 6.07) is 10.8. The largest absolute Gasteiger partial charge is 0.466 e. The van der Waals surface area contributed by atoms with E-state index < -0.39 is 35.8 Å². The lowest BCUT2D eigenvalue weighted by Gasteiger charge is -2.29. The molecule has 230 valence electrons. The minimum Gasteiger partial charge on any atom is -0.466 e. The first-order valence-corrected chi connectivity index (χ1v) is 13.8. The fraction of sp³-hybridized carbons (Fsp3) is 0.355. The van der Waals surface area contributed by atoms with Crippen molar-refractivity contribution in [2.24, 2.45) is 5.73 Å². The molecule has 0 aliphatic carbocycles. The lowest BCUT2D eigenvalue weighted by Crippen LogP contribution is -2.52. The average Bonchev–Trinajstić information content (AvgIpc) is 2.97. The Hall–Kier alpha value is -5.00. The van der Waals surface area contributed by atoms with Gasteiger partial charge in [0.05, 0.1) is 25.4 Å². The van der Waals surface area contributed by atoms with Crippen LogP contribution in [0, 0.1) is 5.41 Å². The zero-order valence-electron chi connectivity index (χ0n) is 24.7. The van der Waals surface area contributed by atoms with Crippen LogP contribution in [0.3, 0.4) is 0 Å². The van der Waals surface area contributed by atoms with Crippen LogP contribution in [0.1, 0.15) is 62.0 Å². The van der Waals surface area contributed by atoms with Crippen molar-refractivity contribution >= 4 is 41.7 Å². The lowest BCUT2D eigenvalue weighted by atomic mass is 10.1. The second-order valence-corrected chi connectivity index (χ2v) is 9.09. The number of benzene rings is 2. The molecule has 0 bridgehead atoms. The number of hydrogen-bond donors (Lipinski definition) is 2. The van der Waals surface area contributed by atoms with E-state index in [1.165, 1.54) is 37.3 Å². The molecule has 0 aliphatic heterocycles. The molecule has 2 aromatic rings. The van der Waals surface area contributed by atoms with Crippen molar-refractivity contribution in [2.75, 3.05) is 26.4 Å². The molecule has 0 unspecified atom stereocenters. The van der Waals surface area contributed by atoms with Crippen LogP contribution in [-0.4, -0.2) is 72.9 Å². The molecular weight excluding hydrogens is 558 g/mol. The third-order valence-electron chi connectivity index (χ3n) is 5.92. The number of hydrogen-bond acceptors (Lipinski definition) is 10. The molecule has 1 amide bonds. The zero-order valence-corrected chi connectivity index (χ0v) is 24.7. The van der Waals surface area contributed by atoms with Crippen LogP contribution in [0.2, 0.25) is 0 Å². The summed E-state index contributed by atoms with van der Waals surface area (Å²) >= 11 is 0. The number of carbonyl (C=O) groups is 5. The highest BCUT2D eigenvalue weighted by molar-refractivity contribution is 6.06. The molecule has 0 atom stereocenters. The summed E-state index contributed by atoms with van der Waals surface area (Å²) < 4.78 is 20.4. The fourth-order valence-corrected chi connectivity index (χ4v) is 3.89. The van der Waals surface area contributed by atoms with Crippen LogP contribution in [-0.2, 0) is 33.4 Å². The van der Waals surface area contributed by atoms with E-state index in [-0.39, 0.29) is 61.9 Å².